The summed E-state index contributed by atoms with van der Waals surface area (Å²) in [6.45, 7) is 1.86. The van der Waals surface area contributed by atoms with Gasteiger partial charge in [0, 0.05) is 0 Å². The van der Waals surface area contributed by atoms with Crippen molar-refractivity contribution in [3.63, 3.8) is 0 Å². The van der Waals surface area contributed by atoms with E-state index in [1.807, 2.05) is 6.92 Å². The van der Waals surface area contributed by atoms with Crippen molar-refractivity contribution >= 4 is 27.9 Å². The normalized spacial score (nSPS) is 18.1. The minimum absolute atomic E-state index is 0.0938. The first-order valence-corrected chi connectivity index (χ1v) is 4.42. The third-order valence-electron chi connectivity index (χ3n) is 1.49. The molecule has 3 heteroatoms. The monoisotopic (exact) mass is 126 g/mol. The van der Waals surface area contributed by atoms with Gasteiger partial charge in [-0.05, 0) is 0 Å². The fourth-order valence-corrected chi connectivity index (χ4v) is 0.996. The summed E-state index contributed by atoms with van der Waals surface area (Å²) in [6, 6.07) is 0. The third-order valence-corrected chi connectivity index (χ3v) is 2.78. The molecule has 0 rings (SSSR count). The maximum absolute atomic E-state index is 8.90. The van der Waals surface area contributed by atoms with E-state index in [4.69, 9.17) is 10.2 Å². The van der Waals surface area contributed by atoms with Gasteiger partial charge in [0.15, 0.2) is 0 Å². The molecule has 0 spiro atoms. The summed E-state index contributed by atoms with van der Waals surface area (Å²) in [6.07, 6.45) is -0.493. The van der Waals surface area contributed by atoms with E-state index in [0.717, 1.165) is 31.6 Å². The first-order chi connectivity index (χ1) is 3.72. The average Bonchev–Trinajstić information content (AvgIpc) is 1.84. The van der Waals surface area contributed by atoms with E-state index in [9.17, 15) is 0 Å². The molecular weight excluding hydrogens is 115 g/mol. The van der Waals surface area contributed by atoms with Crippen LogP contribution in [0.3, 0.4) is 0 Å². The molecule has 0 bridgehead atoms. The zero-order valence-corrected chi connectivity index (χ0v) is 7.46. The van der Waals surface area contributed by atoms with E-state index in [1.54, 1.807) is 0 Å². The Bertz CT molecular complexity index is 50.4. The zero-order chi connectivity index (χ0) is 6.57. The number of hydrogen-bond donors (Lipinski definition) is 2. The van der Waals surface area contributed by atoms with Gasteiger partial charge < -0.3 is 0 Å². The van der Waals surface area contributed by atoms with E-state index < -0.39 is 6.10 Å². The average molecular weight is 126 g/mol. The molecule has 0 aliphatic heterocycles. The SMILES string of the molecule is CC([CH2][Na])C(O)CO. The molecule has 0 fully saturated rings. The van der Waals surface area contributed by atoms with Crippen LogP contribution in [0.2, 0.25) is 3.67 Å². The molecule has 2 N–H and O–H groups in total. The Morgan fingerprint density at radius 1 is 1.62 bits per heavy atom. The Kier molecular flexibility index (Phi) is 5.31. The first-order valence-electron chi connectivity index (χ1n) is 3.01. The summed E-state index contributed by atoms with van der Waals surface area (Å²) >= 11 is 1.10. The van der Waals surface area contributed by atoms with Crippen LogP contribution in [0, 0.1) is 5.92 Å². The van der Waals surface area contributed by atoms with Crippen molar-refractivity contribution in [2.45, 2.75) is 16.7 Å². The summed E-state index contributed by atoms with van der Waals surface area (Å²) in [5, 5.41) is 17.3. The second kappa shape index (κ2) is 4.77. The van der Waals surface area contributed by atoms with Gasteiger partial charge in [-0.15, -0.1) is 0 Å². The van der Waals surface area contributed by atoms with Gasteiger partial charge in [0.1, 0.15) is 0 Å². The Morgan fingerprint density at radius 3 is 2.25 bits per heavy atom. The van der Waals surface area contributed by atoms with Crippen molar-refractivity contribution < 1.29 is 10.2 Å². The van der Waals surface area contributed by atoms with Gasteiger partial charge in [-0.25, -0.2) is 0 Å². The van der Waals surface area contributed by atoms with Crippen molar-refractivity contribution in [2.75, 3.05) is 6.61 Å². The molecule has 8 heavy (non-hydrogen) atoms. The number of aliphatic hydroxyl groups is 2. The summed E-state index contributed by atoms with van der Waals surface area (Å²) in [5.41, 5.74) is 0. The van der Waals surface area contributed by atoms with Crippen LogP contribution in [0.5, 0.6) is 0 Å². The third kappa shape index (κ3) is 3.05. The van der Waals surface area contributed by atoms with Crippen LogP contribution in [0.25, 0.3) is 0 Å². The van der Waals surface area contributed by atoms with Crippen molar-refractivity contribution in [3.8, 4) is 0 Å². The van der Waals surface area contributed by atoms with Crippen LogP contribution >= 0.6 is 0 Å². The molecule has 0 aliphatic rings. The van der Waals surface area contributed by atoms with Crippen molar-refractivity contribution in [2.24, 2.45) is 5.92 Å². The molecule has 0 aromatic carbocycles. The van der Waals surface area contributed by atoms with Crippen molar-refractivity contribution in [1.29, 1.82) is 0 Å². The predicted octanol–water partition coefficient (Wildman–Crippen LogP) is -0.438. The van der Waals surface area contributed by atoms with Gasteiger partial charge in [-0.3, -0.25) is 0 Å². The van der Waals surface area contributed by atoms with Crippen molar-refractivity contribution in [1.82, 2.24) is 0 Å². The van der Waals surface area contributed by atoms with Crippen LogP contribution in [0.1, 0.15) is 6.92 Å². The fraction of sp³-hybridized carbons (Fsp3) is 1.00. The minimum atomic E-state index is -0.493. The Labute approximate surface area is 67.3 Å². The number of hydrogen-bond acceptors (Lipinski definition) is 2. The topological polar surface area (TPSA) is 40.5 Å². The van der Waals surface area contributed by atoms with E-state index >= 15 is 0 Å². The van der Waals surface area contributed by atoms with E-state index in [2.05, 4.69) is 0 Å². The molecule has 44 valence electrons. The second-order valence-corrected chi connectivity index (χ2v) is 2.95. The molecule has 2 atom stereocenters. The van der Waals surface area contributed by atoms with Gasteiger partial charge in [-0.2, -0.15) is 0 Å². The van der Waals surface area contributed by atoms with E-state index in [0.29, 0.717) is 0 Å². The molecule has 0 aromatic rings. The van der Waals surface area contributed by atoms with Gasteiger partial charge in [0.25, 0.3) is 0 Å². The Morgan fingerprint density at radius 2 is 2.12 bits per heavy atom. The van der Waals surface area contributed by atoms with Gasteiger partial charge >= 0.3 is 67.4 Å². The van der Waals surface area contributed by atoms with Crippen LogP contribution in [-0.2, 0) is 0 Å². The molecule has 0 aromatic heterocycles. The Balaban J connectivity index is 3.29. The van der Waals surface area contributed by atoms with Crippen LogP contribution in [0.15, 0.2) is 0 Å². The second-order valence-electron chi connectivity index (χ2n) is 2.14. The van der Waals surface area contributed by atoms with Crippen LogP contribution < -0.4 is 0 Å². The summed E-state index contributed by atoms with van der Waals surface area (Å²) in [7, 11) is 0. The molecule has 0 heterocycles. The van der Waals surface area contributed by atoms with Crippen LogP contribution in [-0.4, -0.2) is 50.9 Å². The van der Waals surface area contributed by atoms with E-state index in [-0.39, 0.29) is 12.5 Å². The van der Waals surface area contributed by atoms with Crippen molar-refractivity contribution in [3.05, 3.63) is 0 Å². The van der Waals surface area contributed by atoms with Crippen LogP contribution in [0.4, 0.5) is 0 Å². The fourth-order valence-electron chi connectivity index (χ4n) is 0.452. The van der Waals surface area contributed by atoms with Gasteiger partial charge in [0.05, 0.1) is 0 Å². The first kappa shape index (κ1) is 8.92. The maximum atomic E-state index is 8.90. The summed E-state index contributed by atoms with van der Waals surface area (Å²) < 4.78 is 1.06. The zero-order valence-electron chi connectivity index (χ0n) is 5.46. The number of aliphatic hydroxyl groups excluding tert-OH is 2. The molecule has 2 nitrogen and oxygen atoms in total. The molecule has 0 radical (unpaired) electrons. The molecule has 0 amide bonds. The molecule has 2 unspecified atom stereocenters. The standard InChI is InChI=1S/C5H11O2.Na/c1-4(2)5(7)3-6;/h4-7H,1,3H2,2H3;. The summed E-state index contributed by atoms with van der Waals surface area (Å²) in [4.78, 5) is 0. The molecule has 0 saturated carbocycles. The Hall–Kier alpha value is 0.920. The van der Waals surface area contributed by atoms with Gasteiger partial charge in [0.2, 0.25) is 0 Å². The summed E-state index contributed by atoms with van der Waals surface area (Å²) in [5.74, 6) is 0.284. The predicted molar refractivity (Wildman–Crippen MR) is 32.8 cm³/mol. The quantitative estimate of drug-likeness (QED) is 0.503. The molecule has 0 aliphatic carbocycles. The van der Waals surface area contributed by atoms with Gasteiger partial charge in [-0.1, -0.05) is 0 Å². The molecule has 0 saturated heterocycles. The van der Waals surface area contributed by atoms with E-state index in [1.165, 1.54) is 0 Å². The molecular formula is C5H11NaO2. The number of rotatable bonds is 3.